The van der Waals surface area contributed by atoms with Crippen LogP contribution in [-0.4, -0.2) is 18.1 Å². The lowest BCUT2D eigenvalue weighted by Crippen LogP contribution is -2.10. The van der Waals surface area contributed by atoms with Gasteiger partial charge in [0, 0.05) is 11.4 Å². The van der Waals surface area contributed by atoms with Gasteiger partial charge in [0.05, 0.1) is 19.2 Å². The van der Waals surface area contributed by atoms with Crippen molar-refractivity contribution in [1.82, 2.24) is 4.98 Å². The van der Waals surface area contributed by atoms with Crippen LogP contribution in [0.5, 0.6) is 0 Å². The minimum absolute atomic E-state index is 0.133. The molecule has 3 nitrogen and oxygen atoms in total. The molecule has 1 heterocycles. The minimum atomic E-state index is -2.67. The second-order valence-corrected chi connectivity index (χ2v) is 4.23. The summed E-state index contributed by atoms with van der Waals surface area (Å²) in [4.78, 5) is 15.1. The van der Waals surface area contributed by atoms with E-state index < -0.39 is 12.4 Å². The normalized spacial score (nSPS) is 10.7. The van der Waals surface area contributed by atoms with E-state index in [4.69, 9.17) is 11.6 Å². The first-order valence-corrected chi connectivity index (χ1v) is 5.91. The number of carbonyl (C=O) groups excluding carboxylic acids is 1. The van der Waals surface area contributed by atoms with Crippen LogP contribution >= 0.6 is 27.5 Å². The van der Waals surface area contributed by atoms with Crippen molar-refractivity contribution in [3.63, 3.8) is 0 Å². The average Bonchev–Trinajstić information content (AvgIpc) is 2.28. The van der Waals surface area contributed by atoms with Crippen LogP contribution in [0.1, 0.15) is 23.2 Å². The molecule has 0 atom stereocenters. The molecule has 1 aromatic rings. The first-order chi connectivity index (χ1) is 7.99. The number of alkyl halides is 3. The fraction of sp³-hybridized carbons (Fsp3) is 0.400. The fourth-order valence-electron chi connectivity index (χ4n) is 1.31. The molecule has 94 valence electrons. The third-order valence-electron chi connectivity index (χ3n) is 2.12. The van der Waals surface area contributed by atoms with E-state index in [-0.39, 0.29) is 33.7 Å². The lowest BCUT2D eigenvalue weighted by atomic mass is 10.1. The van der Waals surface area contributed by atoms with Crippen molar-refractivity contribution in [2.75, 3.05) is 7.11 Å². The summed E-state index contributed by atoms with van der Waals surface area (Å²) in [5, 5.41) is 0. The first-order valence-electron chi connectivity index (χ1n) is 4.58. The van der Waals surface area contributed by atoms with Gasteiger partial charge < -0.3 is 4.74 Å². The Hall–Kier alpha value is -0.750. The SMILES string of the molecule is COC(=O)Cc1nc(Br)cc(C(F)F)c1CCl. The van der Waals surface area contributed by atoms with Crippen molar-refractivity contribution >= 4 is 33.5 Å². The Bertz CT molecular complexity index is 429. The number of methoxy groups -OCH3 is 1. The Morgan fingerprint density at radius 1 is 1.65 bits per heavy atom. The van der Waals surface area contributed by atoms with E-state index in [9.17, 15) is 13.6 Å². The molecule has 0 radical (unpaired) electrons. The van der Waals surface area contributed by atoms with Crippen molar-refractivity contribution < 1.29 is 18.3 Å². The quantitative estimate of drug-likeness (QED) is 0.484. The summed E-state index contributed by atoms with van der Waals surface area (Å²) in [6, 6.07) is 1.20. The van der Waals surface area contributed by atoms with Gasteiger partial charge in [-0.15, -0.1) is 11.6 Å². The molecule has 0 aliphatic rings. The van der Waals surface area contributed by atoms with E-state index >= 15 is 0 Å². The molecule has 0 aliphatic carbocycles. The molecule has 7 heteroatoms. The number of carbonyl (C=O) groups is 1. The number of pyridine rings is 1. The molecule has 1 aromatic heterocycles. The van der Waals surface area contributed by atoms with E-state index in [0.29, 0.717) is 0 Å². The van der Waals surface area contributed by atoms with Gasteiger partial charge in [0.1, 0.15) is 4.60 Å². The fourth-order valence-corrected chi connectivity index (χ4v) is 2.08. The number of esters is 1. The Morgan fingerprint density at radius 3 is 2.76 bits per heavy atom. The molecule has 17 heavy (non-hydrogen) atoms. The van der Waals surface area contributed by atoms with Gasteiger partial charge >= 0.3 is 5.97 Å². The summed E-state index contributed by atoms with van der Waals surface area (Å²) in [6.45, 7) is 0. The summed E-state index contributed by atoms with van der Waals surface area (Å²) >= 11 is 8.64. The first kappa shape index (κ1) is 14.3. The second kappa shape index (κ2) is 6.26. The molecule has 0 spiro atoms. The molecular formula is C10H9BrClF2NO2. The van der Waals surface area contributed by atoms with Crippen molar-refractivity contribution in [1.29, 1.82) is 0 Å². The van der Waals surface area contributed by atoms with Gasteiger partial charge in [0.25, 0.3) is 6.43 Å². The molecule has 0 fully saturated rings. The molecular weight excluding hydrogens is 319 g/mol. The highest BCUT2D eigenvalue weighted by atomic mass is 79.9. The standard InChI is InChI=1S/C10H9BrClF2NO2/c1-17-9(16)3-7-6(4-12)5(10(13)14)2-8(11)15-7/h2,10H,3-4H2,1H3. The zero-order chi connectivity index (χ0) is 13.0. The van der Waals surface area contributed by atoms with Crippen LogP contribution in [0.25, 0.3) is 0 Å². The van der Waals surface area contributed by atoms with Gasteiger partial charge in [0.2, 0.25) is 0 Å². The van der Waals surface area contributed by atoms with Gasteiger partial charge in [-0.2, -0.15) is 0 Å². The number of hydrogen-bond donors (Lipinski definition) is 0. The molecule has 0 aromatic carbocycles. The maximum atomic E-state index is 12.8. The summed E-state index contributed by atoms with van der Waals surface area (Å²) in [5.41, 5.74) is 0.160. The van der Waals surface area contributed by atoms with Crippen LogP contribution in [-0.2, 0) is 21.8 Å². The number of nitrogens with zero attached hydrogens (tertiary/aromatic N) is 1. The molecule has 0 N–H and O–H groups in total. The number of ether oxygens (including phenoxy) is 1. The van der Waals surface area contributed by atoms with Gasteiger partial charge in [-0.05, 0) is 27.6 Å². The van der Waals surface area contributed by atoms with E-state index in [0.717, 1.165) is 0 Å². The highest BCUT2D eigenvalue weighted by Crippen LogP contribution is 2.29. The molecule has 0 bridgehead atoms. The Balaban J connectivity index is 3.23. The maximum absolute atomic E-state index is 12.8. The van der Waals surface area contributed by atoms with Crippen LogP contribution in [0.15, 0.2) is 10.7 Å². The summed E-state index contributed by atoms with van der Waals surface area (Å²) in [5.74, 6) is -0.686. The highest BCUT2D eigenvalue weighted by Gasteiger charge is 2.19. The minimum Gasteiger partial charge on any atom is -0.469 e. The van der Waals surface area contributed by atoms with E-state index in [2.05, 4.69) is 25.7 Å². The van der Waals surface area contributed by atoms with Gasteiger partial charge in [0.15, 0.2) is 0 Å². The Labute approximate surface area is 110 Å². The third kappa shape index (κ3) is 3.61. The lowest BCUT2D eigenvalue weighted by Gasteiger charge is -2.11. The number of hydrogen-bond acceptors (Lipinski definition) is 3. The van der Waals surface area contributed by atoms with Crippen molar-refractivity contribution in [3.8, 4) is 0 Å². The van der Waals surface area contributed by atoms with Crippen molar-refractivity contribution in [2.45, 2.75) is 18.7 Å². The van der Waals surface area contributed by atoms with Gasteiger partial charge in [-0.25, -0.2) is 13.8 Å². The molecule has 0 saturated heterocycles. The topological polar surface area (TPSA) is 39.2 Å². The highest BCUT2D eigenvalue weighted by molar-refractivity contribution is 9.10. The van der Waals surface area contributed by atoms with Crippen molar-refractivity contribution in [3.05, 3.63) is 27.5 Å². The largest absolute Gasteiger partial charge is 0.469 e. The average molecular weight is 329 g/mol. The van der Waals surface area contributed by atoms with Gasteiger partial charge in [-0.1, -0.05) is 0 Å². The van der Waals surface area contributed by atoms with E-state index in [1.165, 1.54) is 13.2 Å². The van der Waals surface area contributed by atoms with Crippen LogP contribution in [0.3, 0.4) is 0 Å². The van der Waals surface area contributed by atoms with Crippen molar-refractivity contribution in [2.24, 2.45) is 0 Å². The van der Waals surface area contributed by atoms with E-state index in [1.807, 2.05) is 0 Å². The third-order valence-corrected chi connectivity index (χ3v) is 2.79. The zero-order valence-electron chi connectivity index (χ0n) is 8.84. The predicted octanol–water partition coefficient (Wildman–Crippen LogP) is 3.24. The molecule has 1 rings (SSSR count). The monoisotopic (exact) mass is 327 g/mol. The Kier molecular flexibility index (Phi) is 5.27. The maximum Gasteiger partial charge on any atom is 0.311 e. The summed E-state index contributed by atoms with van der Waals surface area (Å²) in [6.07, 6.45) is -2.85. The summed E-state index contributed by atoms with van der Waals surface area (Å²) < 4.78 is 30.2. The molecule has 0 aliphatic heterocycles. The molecule has 0 unspecified atom stereocenters. The molecule has 0 saturated carbocycles. The van der Waals surface area contributed by atoms with Crippen LogP contribution in [0, 0.1) is 0 Å². The predicted molar refractivity (Wildman–Crippen MR) is 62.2 cm³/mol. The number of rotatable bonds is 4. The zero-order valence-corrected chi connectivity index (χ0v) is 11.2. The number of aromatic nitrogens is 1. The molecule has 0 amide bonds. The Morgan fingerprint density at radius 2 is 2.29 bits per heavy atom. The van der Waals surface area contributed by atoms with Crippen LogP contribution < -0.4 is 0 Å². The lowest BCUT2D eigenvalue weighted by molar-refractivity contribution is -0.139. The number of halogens is 4. The summed E-state index contributed by atoms with van der Waals surface area (Å²) in [7, 11) is 1.22. The smallest absolute Gasteiger partial charge is 0.311 e. The van der Waals surface area contributed by atoms with E-state index in [1.54, 1.807) is 0 Å². The van der Waals surface area contributed by atoms with Gasteiger partial charge in [-0.3, -0.25) is 4.79 Å². The second-order valence-electron chi connectivity index (χ2n) is 3.15. The van der Waals surface area contributed by atoms with Crippen LogP contribution in [0.2, 0.25) is 0 Å². The van der Waals surface area contributed by atoms with Crippen LogP contribution in [0.4, 0.5) is 8.78 Å².